The minimum absolute atomic E-state index is 0.138. The van der Waals surface area contributed by atoms with Crippen LogP contribution in [0.5, 0.6) is 0 Å². The van der Waals surface area contributed by atoms with Gasteiger partial charge in [-0.2, -0.15) is 13.2 Å². The molecule has 0 spiro atoms. The maximum absolute atomic E-state index is 13.0. The van der Waals surface area contributed by atoms with Gasteiger partial charge in [0.1, 0.15) is 0 Å². The van der Waals surface area contributed by atoms with Crippen molar-refractivity contribution in [1.82, 2.24) is 0 Å². The lowest BCUT2D eigenvalue weighted by Crippen LogP contribution is -2.27. The summed E-state index contributed by atoms with van der Waals surface area (Å²) in [6, 6.07) is 4.21. The van der Waals surface area contributed by atoms with Crippen molar-refractivity contribution in [3.05, 3.63) is 28.2 Å². The van der Waals surface area contributed by atoms with Gasteiger partial charge < -0.3 is 5.32 Å². The van der Waals surface area contributed by atoms with Crippen LogP contribution in [0.15, 0.2) is 22.7 Å². The average molecular weight is 336 g/mol. The number of anilines is 1. The van der Waals surface area contributed by atoms with E-state index in [1.807, 2.05) is 0 Å². The molecule has 2 rings (SSSR count). The number of rotatable bonds is 2. The van der Waals surface area contributed by atoms with E-state index in [2.05, 4.69) is 28.2 Å². The monoisotopic (exact) mass is 335 g/mol. The maximum Gasteiger partial charge on any atom is 0.418 e. The second kappa shape index (κ2) is 5.73. The number of nitrogens with one attached hydrogen (secondary N) is 1. The predicted octanol–water partition coefficient (Wildman–Crippen LogP) is 5.46. The van der Waals surface area contributed by atoms with Gasteiger partial charge >= 0.3 is 6.18 Å². The number of halogens is 4. The van der Waals surface area contributed by atoms with E-state index in [9.17, 15) is 13.2 Å². The Morgan fingerprint density at radius 2 is 2.00 bits per heavy atom. The first-order chi connectivity index (χ1) is 8.86. The molecule has 19 heavy (non-hydrogen) atoms. The molecule has 1 N–H and O–H groups in total. The van der Waals surface area contributed by atoms with Gasteiger partial charge in [-0.05, 0) is 37.0 Å². The predicted molar refractivity (Wildman–Crippen MR) is 74.2 cm³/mol. The van der Waals surface area contributed by atoms with E-state index in [4.69, 9.17) is 0 Å². The summed E-state index contributed by atoms with van der Waals surface area (Å²) in [6.07, 6.45) is -0.196. The van der Waals surface area contributed by atoms with Gasteiger partial charge in [-0.25, -0.2) is 0 Å². The zero-order chi connectivity index (χ0) is 14.0. The summed E-state index contributed by atoms with van der Waals surface area (Å²) in [7, 11) is 0. The van der Waals surface area contributed by atoms with Gasteiger partial charge in [0, 0.05) is 16.2 Å². The molecule has 0 heterocycles. The summed E-state index contributed by atoms with van der Waals surface area (Å²) >= 11 is 3.23. The highest BCUT2D eigenvalue weighted by Crippen LogP contribution is 2.37. The molecule has 1 aliphatic rings. The smallest absolute Gasteiger partial charge is 0.382 e. The Labute approximate surface area is 119 Å². The van der Waals surface area contributed by atoms with Gasteiger partial charge in [0.05, 0.1) is 5.56 Å². The van der Waals surface area contributed by atoms with Crippen LogP contribution in [0.2, 0.25) is 0 Å². The second-order valence-electron chi connectivity index (χ2n) is 5.30. The highest BCUT2D eigenvalue weighted by Gasteiger charge is 2.34. The summed E-state index contributed by atoms with van der Waals surface area (Å²) in [5.74, 6) is 0.577. The fourth-order valence-corrected chi connectivity index (χ4v) is 3.03. The summed E-state index contributed by atoms with van der Waals surface area (Å²) in [5, 5.41) is 3.08. The van der Waals surface area contributed by atoms with Crippen LogP contribution in [0.4, 0.5) is 18.9 Å². The highest BCUT2D eigenvalue weighted by atomic mass is 79.9. The lowest BCUT2D eigenvalue weighted by molar-refractivity contribution is -0.137. The highest BCUT2D eigenvalue weighted by molar-refractivity contribution is 9.10. The molecule has 0 saturated heterocycles. The third-order valence-corrected chi connectivity index (χ3v) is 4.08. The second-order valence-corrected chi connectivity index (χ2v) is 6.22. The van der Waals surface area contributed by atoms with E-state index in [-0.39, 0.29) is 11.7 Å². The van der Waals surface area contributed by atoms with Crippen LogP contribution in [0.1, 0.15) is 38.2 Å². The zero-order valence-electron chi connectivity index (χ0n) is 10.7. The molecular weight excluding hydrogens is 319 g/mol. The van der Waals surface area contributed by atoms with Crippen molar-refractivity contribution in [1.29, 1.82) is 0 Å². The largest absolute Gasteiger partial charge is 0.418 e. The number of benzene rings is 1. The Morgan fingerprint density at radius 3 is 2.63 bits per heavy atom. The van der Waals surface area contributed by atoms with E-state index in [1.165, 1.54) is 18.6 Å². The van der Waals surface area contributed by atoms with Crippen molar-refractivity contribution in [3.8, 4) is 0 Å². The fraction of sp³-hybridized carbons (Fsp3) is 0.571. The zero-order valence-corrected chi connectivity index (χ0v) is 12.3. The molecule has 0 aromatic heterocycles. The molecule has 0 aliphatic heterocycles. The SMILES string of the molecule is CC1CCCC(Nc2cc(Br)ccc2C(F)(F)F)C1. The van der Waals surface area contributed by atoms with Gasteiger partial charge in [-0.15, -0.1) is 0 Å². The third kappa shape index (κ3) is 3.88. The van der Waals surface area contributed by atoms with E-state index < -0.39 is 11.7 Å². The van der Waals surface area contributed by atoms with Gasteiger partial charge in [-0.3, -0.25) is 0 Å². The quantitative estimate of drug-likeness (QED) is 0.756. The Hall–Kier alpha value is -0.710. The molecule has 1 saturated carbocycles. The maximum atomic E-state index is 13.0. The number of alkyl halides is 3. The van der Waals surface area contributed by atoms with Crippen molar-refractivity contribution in [2.24, 2.45) is 5.92 Å². The first-order valence-electron chi connectivity index (χ1n) is 6.49. The van der Waals surface area contributed by atoms with E-state index in [0.29, 0.717) is 10.4 Å². The van der Waals surface area contributed by atoms with Gasteiger partial charge in [0.15, 0.2) is 0 Å². The summed E-state index contributed by atoms with van der Waals surface area (Å²) in [5.41, 5.74) is -0.407. The summed E-state index contributed by atoms with van der Waals surface area (Å²) < 4.78 is 39.5. The first kappa shape index (κ1) is 14.7. The molecule has 0 amide bonds. The van der Waals surface area contributed by atoms with Crippen molar-refractivity contribution < 1.29 is 13.2 Å². The molecule has 0 radical (unpaired) electrons. The summed E-state index contributed by atoms with van der Waals surface area (Å²) in [4.78, 5) is 0. The number of hydrogen-bond acceptors (Lipinski definition) is 1. The van der Waals surface area contributed by atoms with E-state index in [1.54, 1.807) is 0 Å². The molecule has 1 aromatic carbocycles. The Morgan fingerprint density at radius 1 is 1.26 bits per heavy atom. The molecule has 0 bridgehead atoms. The fourth-order valence-electron chi connectivity index (χ4n) is 2.67. The molecule has 5 heteroatoms. The molecule has 2 unspecified atom stereocenters. The van der Waals surface area contributed by atoms with E-state index >= 15 is 0 Å². The minimum Gasteiger partial charge on any atom is -0.382 e. The van der Waals surface area contributed by atoms with Crippen molar-refractivity contribution in [2.75, 3.05) is 5.32 Å². The Balaban J connectivity index is 2.21. The Bertz CT molecular complexity index is 445. The van der Waals surface area contributed by atoms with Crippen molar-refractivity contribution >= 4 is 21.6 Å². The van der Waals surface area contributed by atoms with Gasteiger partial charge in [0.2, 0.25) is 0 Å². The normalized spacial score (nSPS) is 24.3. The van der Waals surface area contributed by atoms with Crippen molar-refractivity contribution in [3.63, 3.8) is 0 Å². The molecule has 106 valence electrons. The molecule has 2 atom stereocenters. The van der Waals surface area contributed by atoms with Crippen LogP contribution in [-0.2, 0) is 6.18 Å². The lowest BCUT2D eigenvalue weighted by Gasteiger charge is -2.29. The van der Waals surface area contributed by atoms with E-state index in [0.717, 1.165) is 25.3 Å². The molecule has 1 aliphatic carbocycles. The Kier molecular flexibility index (Phi) is 4.43. The van der Waals surface area contributed by atoms with Crippen LogP contribution in [0, 0.1) is 5.92 Å². The molecular formula is C14H17BrF3N. The van der Waals surface area contributed by atoms with Gasteiger partial charge in [-0.1, -0.05) is 35.7 Å². The minimum atomic E-state index is -4.32. The first-order valence-corrected chi connectivity index (χ1v) is 7.29. The molecule has 1 nitrogen and oxygen atoms in total. The third-order valence-electron chi connectivity index (χ3n) is 3.58. The van der Waals surface area contributed by atoms with Crippen LogP contribution < -0.4 is 5.32 Å². The topological polar surface area (TPSA) is 12.0 Å². The van der Waals surface area contributed by atoms with Crippen molar-refractivity contribution in [2.45, 2.75) is 44.8 Å². The van der Waals surface area contributed by atoms with Crippen LogP contribution >= 0.6 is 15.9 Å². The summed E-state index contributed by atoms with van der Waals surface area (Å²) in [6.45, 7) is 2.15. The number of hydrogen-bond donors (Lipinski definition) is 1. The van der Waals surface area contributed by atoms with Crippen LogP contribution in [0.3, 0.4) is 0 Å². The average Bonchev–Trinajstić information content (AvgIpc) is 2.27. The molecule has 1 aromatic rings. The van der Waals surface area contributed by atoms with Gasteiger partial charge in [0.25, 0.3) is 0 Å². The standard InChI is InChI=1S/C14H17BrF3N/c1-9-3-2-4-11(7-9)19-13-8-10(15)5-6-12(13)14(16,17)18/h5-6,8-9,11,19H,2-4,7H2,1H3. The van der Waals surface area contributed by atoms with Crippen LogP contribution in [-0.4, -0.2) is 6.04 Å². The lowest BCUT2D eigenvalue weighted by atomic mass is 9.87. The van der Waals surface area contributed by atoms with Crippen LogP contribution in [0.25, 0.3) is 0 Å². The molecule has 1 fully saturated rings.